The van der Waals surface area contributed by atoms with E-state index in [9.17, 15) is 14.4 Å². The van der Waals surface area contributed by atoms with Gasteiger partial charge in [0.1, 0.15) is 11.7 Å². The van der Waals surface area contributed by atoms with Crippen LogP contribution in [0, 0.1) is 11.8 Å². The number of benzene rings is 1. The molecule has 2 N–H and O–H groups in total. The summed E-state index contributed by atoms with van der Waals surface area (Å²) in [5.41, 5.74) is 0.997. The van der Waals surface area contributed by atoms with Crippen LogP contribution in [-0.4, -0.2) is 59.2 Å². The van der Waals surface area contributed by atoms with Gasteiger partial charge >= 0.3 is 0 Å². The third-order valence-electron chi connectivity index (χ3n) is 6.23. The Morgan fingerprint density at radius 3 is 2.56 bits per heavy atom. The minimum atomic E-state index is -0.724. The molecule has 2 aromatic rings. The Balaban J connectivity index is 1.59. The number of likely N-dealkylation sites (tertiary alicyclic amines) is 1. The zero-order chi connectivity index (χ0) is 24.7. The molecule has 1 aromatic carbocycles. The summed E-state index contributed by atoms with van der Waals surface area (Å²) in [4.78, 5) is 45.3. The summed E-state index contributed by atoms with van der Waals surface area (Å²) in [5.74, 6) is 0.187. The van der Waals surface area contributed by atoms with Crippen molar-refractivity contribution in [1.29, 1.82) is 0 Å². The van der Waals surface area contributed by atoms with Crippen molar-refractivity contribution in [2.24, 2.45) is 11.8 Å². The second-order valence-corrected chi connectivity index (χ2v) is 10.2. The van der Waals surface area contributed by atoms with Gasteiger partial charge in [-0.3, -0.25) is 19.3 Å². The lowest BCUT2D eigenvalue weighted by molar-refractivity contribution is -0.131. The average molecular weight is 467 g/mol. The second kappa shape index (κ2) is 12.1. The second-order valence-electron chi connectivity index (χ2n) is 10.2. The molecule has 1 unspecified atom stereocenters. The van der Waals surface area contributed by atoms with Crippen LogP contribution in [0.25, 0.3) is 10.9 Å². The van der Waals surface area contributed by atoms with Gasteiger partial charge in [-0.15, -0.1) is 0 Å². The Bertz CT molecular complexity index is 1000. The first-order valence-corrected chi connectivity index (χ1v) is 12.4. The highest BCUT2D eigenvalue weighted by Crippen LogP contribution is 2.14. The molecule has 1 aliphatic heterocycles. The molecule has 0 spiro atoms. The normalized spacial score (nSPS) is 17.8. The largest absolute Gasteiger partial charge is 0.344 e. The molecular formula is C27H38N4O3. The summed E-state index contributed by atoms with van der Waals surface area (Å²) >= 11 is 0. The first-order chi connectivity index (χ1) is 16.2. The number of piperidine rings is 1. The number of fused-ring (bicyclic) bond motifs is 1. The van der Waals surface area contributed by atoms with Crippen molar-refractivity contribution in [3.05, 3.63) is 42.1 Å². The molecule has 1 fully saturated rings. The lowest BCUT2D eigenvalue weighted by atomic mass is 9.99. The molecule has 184 valence electrons. The number of carbonyl (C=O) groups excluding carboxylic acids is 3. The fourth-order valence-electron chi connectivity index (χ4n) is 4.35. The number of rotatable bonds is 10. The minimum Gasteiger partial charge on any atom is -0.344 e. The van der Waals surface area contributed by atoms with E-state index in [-0.39, 0.29) is 23.3 Å². The van der Waals surface area contributed by atoms with E-state index in [0.717, 1.165) is 36.8 Å². The SMILES string of the molecule is CC(C)CCCN1CCC(NC(=O)[C@H](CC(C)C)NC(=O)c2ccc3ccccc3n2)C(=O)C1. The topological polar surface area (TPSA) is 91.4 Å². The van der Waals surface area contributed by atoms with E-state index in [1.54, 1.807) is 6.07 Å². The molecule has 7 heteroatoms. The maximum atomic E-state index is 13.1. The quantitative estimate of drug-likeness (QED) is 0.559. The molecule has 7 nitrogen and oxygen atoms in total. The molecule has 34 heavy (non-hydrogen) atoms. The van der Waals surface area contributed by atoms with Crippen molar-refractivity contribution in [1.82, 2.24) is 20.5 Å². The molecule has 2 amide bonds. The van der Waals surface area contributed by atoms with E-state index in [1.165, 1.54) is 0 Å². The van der Waals surface area contributed by atoms with E-state index in [2.05, 4.69) is 34.4 Å². The highest BCUT2D eigenvalue weighted by Gasteiger charge is 2.31. The van der Waals surface area contributed by atoms with E-state index < -0.39 is 18.0 Å². The number of hydrogen-bond acceptors (Lipinski definition) is 5. The van der Waals surface area contributed by atoms with Gasteiger partial charge in [-0.1, -0.05) is 52.0 Å². The standard InChI is InChI=1S/C27H38N4O3/c1-18(2)8-7-14-31-15-13-22(25(32)17-31)29-27(34)24(16-19(3)4)30-26(33)23-12-11-20-9-5-6-10-21(20)28-23/h5-6,9-12,18-19,22,24H,7-8,13-17H2,1-4H3,(H,29,34)(H,30,33)/t22?,24-/m0/s1. The van der Waals surface area contributed by atoms with Crippen LogP contribution in [0.3, 0.4) is 0 Å². The summed E-state index contributed by atoms with van der Waals surface area (Å²) in [6, 6.07) is 9.87. The Morgan fingerprint density at radius 1 is 1.09 bits per heavy atom. The van der Waals surface area contributed by atoms with E-state index in [1.807, 2.05) is 44.2 Å². The molecule has 0 saturated carbocycles. The first kappa shape index (κ1) is 25.8. The third kappa shape index (κ3) is 7.35. The number of carbonyl (C=O) groups is 3. The lowest BCUT2D eigenvalue weighted by Gasteiger charge is -2.32. The highest BCUT2D eigenvalue weighted by molar-refractivity contribution is 5.99. The van der Waals surface area contributed by atoms with Gasteiger partial charge in [0, 0.05) is 11.9 Å². The van der Waals surface area contributed by atoms with Gasteiger partial charge < -0.3 is 10.6 Å². The maximum Gasteiger partial charge on any atom is 0.270 e. The van der Waals surface area contributed by atoms with Gasteiger partial charge in [0.15, 0.2) is 5.78 Å². The lowest BCUT2D eigenvalue weighted by Crippen LogP contribution is -2.56. The number of ketones is 1. The van der Waals surface area contributed by atoms with Crippen LogP contribution in [0.15, 0.2) is 36.4 Å². The molecule has 0 bridgehead atoms. The van der Waals surface area contributed by atoms with Crippen LogP contribution >= 0.6 is 0 Å². The number of nitrogens with zero attached hydrogens (tertiary/aromatic N) is 2. The summed E-state index contributed by atoms with van der Waals surface area (Å²) in [7, 11) is 0. The molecular weight excluding hydrogens is 428 g/mol. The number of Topliss-reactive ketones (excluding diaryl/α,β-unsaturated/α-hetero) is 1. The molecule has 2 atom stereocenters. The van der Waals surface area contributed by atoms with Crippen LogP contribution < -0.4 is 10.6 Å². The highest BCUT2D eigenvalue weighted by atomic mass is 16.2. The Labute approximate surface area is 202 Å². The van der Waals surface area contributed by atoms with Gasteiger partial charge in [-0.05, 0) is 56.2 Å². The van der Waals surface area contributed by atoms with Gasteiger partial charge in [0.25, 0.3) is 5.91 Å². The predicted molar refractivity (Wildman–Crippen MR) is 135 cm³/mol. The Kier molecular flexibility index (Phi) is 9.16. The molecule has 2 heterocycles. The smallest absolute Gasteiger partial charge is 0.270 e. The average Bonchev–Trinajstić information content (AvgIpc) is 2.79. The predicted octanol–water partition coefficient (Wildman–Crippen LogP) is 3.58. The zero-order valence-electron chi connectivity index (χ0n) is 20.8. The van der Waals surface area contributed by atoms with Crippen molar-refractivity contribution in [2.45, 2.75) is 65.5 Å². The number of aromatic nitrogens is 1. The van der Waals surface area contributed by atoms with Gasteiger partial charge in [-0.2, -0.15) is 0 Å². The summed E-state index contributed by atoms with van der Waals surface area (Å²) < 4.78 is 0. The number of pyridine rings is 1. The number of nitrogens with one attached hydrogen (secondary N) is 2. The van der Waals surface area contributed by atoms with Crippen LogP contribution in [0.5, 0.6) is 0 Å². The molecule has 0 aliphatic carbocycles. The van der Waals surface area contributed by atoms with Gasteiger partial charge in [-0.25, -0.2) is 4.98 Å². The zero-order valence-corrected chi connectivity index (χ0v) is 20.8. The molecule has 1 aromatic heterocycles. The summed E-state index contributed by atoms with van der Waals surface area (Å²) in [6.45, 7) is 10.5. The van der Waals surface area contributed by atoms with E-state index in [0.29, 0.717) is 25.3 Å². The van der Waals surface area contributed by atoms with Crippen molar-refractivity contribution in [3.8, 4) is 0 Å². The number of amides is 2. The Hall–Kier alpha value is -2.80. The fraction of sp³-hybridized carbons (Fsp3) is 0.556. The van der Waals surface area contributed by atoms with Crippen LogP contribution in [0.2, 0.25) is 0 Å². The third-order valence-corrected chi connectivity index (χ3v) is 6.23. The molecule has 3 rings (SSSR count). The van der Waals surface area contributed by atoms with Crippen LogP contribution in [-0.2, 0) is 9.59 Å². The number of para-hydroxylation sites is 1. The Morgan fingerprint density at radius 2 is 1.85 bits per heavy atom. The molecule has 0 radical (unpaired) electrons. The molecule has 1 aliphatic rings. The van der Waals surface area contributed by atoms with Crippen molar-refractivity contribution >= 4 is 28.5 Å². The first-order valence-electron chi connectivity index (χ1n) is 12.4. The number of hydrogen-bond donors (Lipinski definition) is 2. The van der Waals surface area contributed by atoms with Crippen LogP contribution in [0.4, 0.5) is 0 Å². The maximum absolute atomic E-state index is 13.1. The van der Waals surface area contributed by atoms with E-state index in [4.69, 9.17) is 0 Å². The summed E-state index contributed by atoms with van der Waals surface area (Å²) in [5, 5.41) is 6.70. The van der Waals surface area contributed by atoms with Crippen molar-refractivity contribution < 1.29 is 14.4 Å². The molecule has 1 saturated heterocycles. The summed E-state index contributed by atoms with van der Waals surface area (Å²) in [6.07, 6.45) is 3.30. The van der Waals surface area contributed by atoms with Crippen molar-refractivity contribution in [2.75, 3.05) is 19.6 Å². The fourth-order valence-corrected chi connectivity index (χ4v) is 4.35. The van der Waals surface area contributed by atoms with Crippen molar-refractivity contribution in [3.63, 3.8) is 0 Å². The van der Waals surface area contributed by atoms with Crippen LogP contribution in [0.1, 0.15) is 63.9 Å². The van der Waals surface area contributed by atoms with Gasteiger partial charge in [0.05, 0.1) is 18.1 Å². The van der Waals surface area contributed by atoms with E-state index >= 15 is 0 Å². The monoisotopic (exact) mass is 466 g/mol. The van der Waals surface area contributed by atoms with Gasteiger partial charge in [0.2, 0.25) is 5.91 Å². The minimum absolute atomic E-state index is 0.0370.